The number of carbonyl (C=O) groups is 1. The molecule has 0 unspecified atom stereocenters. The molecule has 5 aromatic rings. The van der Waals surface area contributed by atoms with Crippen molar-refractivity contribution in [3.8, 4) is 5.95 Å². The first-order valence-electron chi connectivity index (χ1n) is 11.3. The van der Waals surface area contributed by atoms with Gasteiger partial charge in [0.15, 0.2) is 0 Å². The van der Waals surface area contributed by atoms with E-state index in [-0.39, 0.29) is 5.91 Å². The summed E-state index contributed by atoms with van der Waals surface area (Å²) in [4.78, 5) is 28.8. The molecule has 6 rings (SSSR count). The van der Waals surface area contributed by atoms with Gasteiger partial charge in [-0.25, -0.2) is 9.97 Å². The van der Waals surface area contributed by atoms with Gasteiger partial charge in [0, 0.05) is 37.6 Å². The van der Waals surface area contributed by atoms with E-state index in [1.165, 1.54) is 18.4 Å². The van der Waals surface area contributed by atoms with E-state index >= 15 is 0 Å². The Labute approximate surface area is 191 Å². The van der Waals surface area contributed by atoms with Gasteiger partial charge in [-0.1, -0.05) is 24.3 Å². The molecule has 0 N–H and O–H groups in total. The zero-order chi connectivity index (χ0) is 22.4. The Balaban J connectivity index is 1.54. The van der Waals surface area contributed by atoms with Crippen LogP contribution in [0, 0.1) is 5.92 Å². The molecule has 1 saturated carbocycles. The second kappa shape index (κ2) is 7.85. The molecule has 33 heavy (non-hydrogen) atoms. The summed E-state index contributed by atoms with van der Waals surface area (Å²) in [6.45, 7) is 1.38. The predicted octanol–water partition coefficient (Wildman–Crippen LogP) is 4.45. The van der Waals surface area contributed by atoms with Crippen LogP contribution in [0.3, 0.4) is 0 Å². The van der Waals surface area contributed by atoms with Crippen LogP contribution in [0.5, 0.6) is 0 Å². The van der Waals surface area contributed by atoms with Crippen LogP contribution in [0.4, 0.5) is 0 Å². The lowest BCUT2D eigenvalue weighted by molar-refractivity contribution is 0.0775. The summed E-state index contributed by atoms with van der Waals surface area (Å²) in [6, 6.07) is 17.9. The normalized spacial score (nSPS) is 13.6. The molecule has 4 heterocycles. The summed E-state index contributed by atoms with van der Waals surface area (Å²) < 4.78 is 4.27. The SMILES string of the molecule is CN(Cc1ccccn1)C(=O)c1cc2c(c3ccccc3n2CC2CC2)n1-c1ncccn1. The van der Waals surface area contributed by atoms with Crippen molar-refractivity contribution >= 4 is 27.8 Å². The van der Waals surface area contributed by atoms with Crippen LogP contribution in [0.15, 0.2) is 73.2 Å². The third-order valence-electron chi connectivity index (χ3n) is 6.30. The highest BCUT2D eigenvalue weighted by molar-refractivity contribution is 6.10. The van der Waals surface area contributed by atoms with E-state index in [9.17, 15) is 4.79 Å². The number of amides is 1. The molecule has 7 nitrogen and oxygen atoms in total. The van der Waals surface area contributed by atoms with Crippen molar-refractivity contribution in [3.63, 3.8) is 0 Å². The molecular weight excluding hydrogens is 412 g/mol. The summed E-state index contributed by atoms with van der Waals surface area (Å²) in [5.41, 5.74) is 4.60. The van der Waals surface area contributed by atoms with Gasteiger partial charge in [-0.15, -0.1) is 0 Å². The van der Waals surface area contributed by atoms with Crippen LogP contribution in [-0.2, 0) is 13.1 Å². The standard InChI is InChI=1S/C26H24N6O/c1-30(17-19-7-4-5-12-27-19)25(33)23-15-22-24(32(23)26-28-13-6-14-29-26)20-8-2-3-9-21(20)31(22)16-18-10-11-18/h2-9,12-15,18H,10-11,16-17H2,1H3. The minimum atomic E-state index is -0.0913. The topological polar surface area (TPSA) is 68.8 Å². The van der Waals surface area contributed by atoms with Crippen molar-refractivity contribution < 1.29 is 4.79 Å². The van der Waals surface area contributed by atoms with Crippen LogP contribution in [0.25, 0.3) is 27.9 Å². The summed E-state index contributed by atoms with van der Waals surface area (Å²) in [5.74, 6) is 1.11. The Morgan fingerprint density at radius 1 is 0.970 bits per heavy atom. The molecular formula is C26H24N6O. The molecule has 4 aromatic heterocycles. The van der Waals surface area contributed by atoms with E-state index in [0.717, 1.165) is 28.7 Å². The maximum atomic E-state index is 13.7. The second-order valence-corrected chi connectivity index (χ2v) is 8.70. The van der Waals surface area contributed by atoms with E-state index in [2.05, 4.69) is 37.7 Å². The quantitative estimate of drug-likeness (QED) is 0.394. The number of para-hydroxylation sites is 1. The van der Waals surface area contributed by atoms with Gasteiger partial charge in [-0.05, 0) is 49.1 Å². The number of carbonyl (C=O) groups excluding carboxylic acids is 1. The number of pyridine rings is 1. The average Bonchev–Trinajstić information content (AvgIpc) is 3.52. The van der Waals surface area contributed by atoms with Gasteiger partial charge in [-0.2, -0.15) is 0 Å². The van der Waals surface area contributed by atoms with Crippen LogP contribution in [0.1, 0.15) is 29.0 Å². The van der Waals surface area contributed by atoms with Crippen LogP contribution in [0.2, 0.25) is 0 Å². The van der Waals surface area contributed by atoms with Gasteiger partial charge < -0.3 is 9.47 Å². The fourth-order valence-corrected chi connectivity index (χ4v) is 4.53. The summed E-state index contributed by atoms with van der Waals surface area (Å²) >= 11 is 0. The molecule has 1 aromatic carbocycles. The molecule has 0 bridgehead atoms. The van der Waals surface area contributed by atoms with E-state index in [1.807, 2.05) is 34.9 Å². The number of fused-ring (bicyclic) bond motifs is 3. The Morgan fingerprint density at radius 2 is 1.73 bits per heavy atom. The van der Waals surface area contributed by atoms with Gasteiger partial charge in [0.05, 0.1) is 28.8 Å². The van der Waals surface area contributed by atoms with Crippen molar-refractivity contribution in [2.45, 2.75) is 25.9 Å². The molecule has 1 aliphatic carbocycles. The van der Waals surface area contributed by atoms with Crippen LogP contribution < -0.4 is 0 Å². The van der Waals surface area contributed by atoms with E-state index in [1.54, 1.807) is 36.6 Å². The molecule has 0 spiro atoms. The summed E-state index contributed by atoms with van der Waals surface area (Å²) in [6.07, 6.45) is 7.69. The Hall–Kier alpha value is -4.00. The van der Waals surface area contributed by atoms with Crippen molar-refractivity contribution in [2.75, 3.05) is 7.05 Å². The fraction of sp³-hybridized carbons (Fsp3) is 0.231. The van der Waals surface area contributed by atoms with Gasteiger partial charge in [-0.3, -0.25) is 14.3 Å². The molecule has 164 valence electrons. The number of benzene rings is 1. The van der Waals surface area contributed by atoms with E-state index in [0.29, 0.717) is 24.1 Å². The molecule has 0 atom stereocenters. The maximum absolute atomic E-state index is 13.7. The first-order chi connectivity index (χ1) is 16.2. The third-order valence-corrected chi connectivity index (χ3v) is 6.30. The van der Waals surface area contributed by atoms with Gasteiger partial charge in [0.1, 0.15) is 5.69 Å². The smallest absolute Gasteiger partial charge is 0.271 e. The zero-order valence-corrected chi connectivity index (χ0v) is 18.4. The number of hydrogen-bond donors (Lipinski definition) is 0. The molecule has 1 aliphatic rings. The summed E-state index contributed by atoms with van der Waals surface area (Å²) in [7, 11) is 1.81. The van der Waals surface area contributed by atoms with Gasteiger partial charge >= 0.3 is 0 Å². The highest BCUT2D eigenvalue weighted by atomic mass is 16.2. The molecule has 0 radical (unpaired) electrons. The van der Waals surface area contributed by atoms with Crippen molar-refractivity contribution in [1.82, 2.24) is 29.0 Å². The lowest BCUT2D eigenvalue weighted by Gasteiger charge is -2.18. The number of rotatable bonds is 6. The van der Waals surface area contributed by atoms with Crippen molar-refractivity contribution in [3.05, 3.63) is 84.6 Å². The Morgan fingerprint density at radius 3 is 2.48 bits per heavy atom. The summed E-state index contributed by atoms with van der Waals surface area (Å²) in [5, 5.41) is 1.10. The zero-order valence-electron chi connectivity index (χ0n) is 18.4. The van der Waals surface area contributed by atoms with Crippen molar-refractivity contribution in [1.29, 1.82) is 0 Å². The first kappa shape index (κ1) is 19.7. The maximum Gasteiger partial charge on any atom is 0.271 e. The largest absolute Gasteiger partial charge is 0.339 e. The average molecular weight is 437 g/mol. The van der Waals surface area contributed by atoms with Gasteiger partial charge in [0.25, 0.3) is 5.91 Å². The number of aromatic nitrogens is 5. The van der Waals surface area contributed by atoms with E-state index in [4.69, 9.17) is 0 Å². The number of nitrogens with zero attached hydrogens (tertiary/aromatic N) is 6. The second-order valence-electron chi connectivity index (χ2n) is 8.70. The Bertz CT molecular complexity index is 1450. The lowest BCUT2D eigenvalue weighted by Crippen LogP contribution is -2.28. The molecule has 7 heteroatoms. The first-order valence-corrected chi connectivity index (χ1v) is 11.3. The highest BCUT2D eigenvalue weighted by Gasteiger charge is 2.28. The molecule has 0 saturated heterocycles. The third kappa shape index (κ3) is 3.46. The van der Waals surface area contributed by atoms with Crippen LogP contribution >= 0.6 is 0 Å². The van der Waals surface area contributed by atoms with E-state index < -0.39 is 0 Å². The fourth-order valence-electron chi connectivity index (χ4n) is 4.53. The number of hydrogen-bond acceptors (Lipinski definition) is 4. The van der Waals surface area contributed by atoms with Gasteiger partial charge in [0.2, 0.25) is 5.95 Å². The predicted molar refractivity (Wildman–Crippen MR) is 127 cm³/mol. The molecule has 1 fully saturated rings. The monoisotopic (exact) mass is 436 g/mol. The molecule has 0 aliphatic heterocycles. The van der Waals surface area contributed by atoms with Crippen molar-refractivity contribution in [2.24, 2.45) is 5.92 Å². The highest BCUT2D eigenvalue weighted by Crippen LogP contribution is 2.38. The Kier molecular flexibility index (Phi) is 4.68. The molecule has 1 amide bonds. The lowest BCUT2D eigenvalue weighted by atomic mass is 10.2. The minimum absolute atomic E-state index is 0.0913. The van der Waals surface area contributed by atoms with Crippen LogP contribution in [-0.4, -0.2) is 41.9 Å². The minimum Gasteiger partial charge on any atom is -0.339 e.